The number of allylic oxidation sites excluding steroid dienone is 8. The summed E-state index contributed by atoms with van der Waals surface area (Å²) in [4.78, 5) is 23.3. The molecule has 0 aromatic heterocycles. The summed E-state index contributed by atoms with van der Waals surface area (Å²) in [5.41, 5.74) is 0. The van der Waals surface area contributed by atoms with E-state index in [1.807, 2.05) is 0 Å². The predicted molar refractivity (Wildman–Crippen MR) is 218 cm³/mol. The maximum Gasteiger partial charge on any atom is 0.306 e. The van der Waals surface area contributed by atoms with Gasteiger partial charge in [0.15, 0.2) is 0 Å². The lowest BCUT2D eigenvalue weighted by Crippen LogP contribution is -2.18. The largest absolute Gasteiger partial charge is 0.481 e. The van der Waals surface area contributed by atoms with Gasteiger partial charge in [0.2, 0.25) is 0 Å². The molecule has 0 fully saturated rings. The van der Waals surface area contributed by atoms with E-state index in [0.717, 1.165) is 77.0 Å². The lowest BCUT2D eigenvalue weighted by Gasteiger charge is -2.18. The van der Waals surface area contributed by atoms with Gasteiger partial charge < -0.3 is 9.84 Å². The van der Waals surface area contributed by atoms with E-state index in [1.165, 1.54) is 122 Å². The highest BCUT2D eigenvalue weighted by molar-refractivity contribution is 5.69. The van der Waals surface area contributed by atoms with Crippen molar-refractivity contribution in [2.45, 2.75) is 232 Å². The van der Waals surface area contributed by atoms with E-state index in [4.69, 9.17) is 9.84 Å². The van der Waals surface area contributed by atoms with Gasteiger partial charge in [-0.15, -0.1) is 0 Å². The lowest BCUT2D eigenvalue weighted by molar-refractivity contribution is -0.150. The van der Waals surface area contributed by atoms with Crippen LogP contribution in [-0.4, -0.2) is 23.1 Å². The number of rotatable bonds is 39. The Morgan fingerprint density at radius 3 is 1.24 bits per heavy atom. The third kappa shape index (κ3) is 40.3. The van der Waals surface area contributed by atoms with Gasteiger partial charge in [-0.1, -0.05) is 178 Å². The van der Waals surface area contributed by atoms with Crippen LogP contribution in [-0.2, 0) is 14.3 Å². The molecule has 0 aromatic rings. The molecule has 1 N–H and O–H groups in total. The summed E-state index contributed by atoms with van der Waals surface area (Å²) in [6.07, 6.45) is 55.7. The number of esters is 1. The highest BCUT2D eigenvalue weighted by Crippen LogP contribution is 2.19. The predicted octanol–water partition coefficient (Wildman–Crippen LogP) is 15.1. The van der Waals surface area contributed by atoms with Crippen molar-refractivity contribution >= 4 is 11.9 Å². The smallest absolute Gasteiger partial charge is 0.306 e. The van der Waals surface area contributed by atoms with Crippen LogP contribution in [0.25, 0.3) is 0 Å². The molecule has 0 saturated heterocycles. The highest BCUT2D eigenvalue weighted by atomic mass is 16.5. The van der Waals surface area contributed by atoms with Crippen molar-refractivity contribution in [2.75, 3.05) is 0 Å². The quantitative estimate of drug-likeness (QED) is 0.0394. The van der Waals surface area contributed by atoms with E-state index in [2.05, 4.69) is 62.5 Å². The molecule has 50 heavy (non-hydrogen) atoms. The maximum atomic E-state index is 12.7. The van der Waals surface area contributed by atoms with Crippen LogP contribution >= 0.6 is 0 Å². The summed E-state index contributed by atoms with van der Waals surface area (Å²) in [7, 11) is 0. The monoisotopic (exact) mass is 699 g/mol. The molecular weight excluding hydrogens is 617 g/mol. The number of carboxylic acid groups (broad SMARTS) is 1. The van der Waals surface area contributed by atoms with E-state index in [0.29, 0.717) is 12.8 Å². The minimum Gasteiger partial charge on any atom is -0.481 e. The van der Waals surface area contributed by atoms with Gasteiger partial charge in [-0.25, -0.2) is 0 Å². The second-order valence-electron chi connectivity index (χ2n) is 14.5. The molecule has 0 aliphatic carbocycles. The van der Waals surface area contributed by atoms with Gasteiger partial charge in [0.25, 0.3) is 0 Å². The van der Waals surface area contributed by atoms with Crippen LogP contribution in [0.5, 0.6) is 0 Å². The number of ether oxygens (including phenoxy) is 1. The van der Waals surface area contributed by atoms with Gasteiger partial charge >= 0.3 is 11.9 Å². The zero-order valence-electron chi connectivity index (χ0n) is 33.2. The Morgan fingerprint density at radius 2 is 0.780 bits per heavy atom. The molecule has 1 unspecified atom stereocenters. The van der Waals surface area contributed by atoms with Crippen LogP contribution in [0.4, 0.5) is 0 Å². The van der Waals surface area contributed by atoms with E-state index >= 15 is 0 Å². The van der Waals surface area contributed by atoms with Crippen LogP contribution in [0.2, 0.25) is 0 Å². The number of carbonyl (C=O) groups is 2. The average molecular weight is 699 g/mol. The Morgan fingerprint density at radius 1 is 0.440 bits per heavy atom. The highest BCUT2D eigenvalue weighted by Gasteiger charge is 2.14. The standard InChI is InChI=1S/C46H82O4/c1-3-5-7-9-11-12-13-14-15-16-17-18-19-20-21-22-23-27-31-35-39-43-46(49)50-44(40-36-32-28-10-8-6-4-2)41-37-33-29-25-24-26-30-34-38-42-45(47)48/h11-12,14-15,17-18,20-21,44H,3-10,13,16,19,22-43H2,1-2H3,(H,47,48)/b12-11-,15-14-,18-17-,21-20-. The molecular formula is C46H82O4. The Labute approximate surface area is 311 Å². The van der Waals surface area contributed by atoms with Crippen molar-refractivity contribution < 1.29 is 19.4 Å². The van der Waals surface area contributed by atoms with Crippen LogP contribution in [0.3, 0.4) is 0 Å². The van der Waals surface area contributed by atoms with Gasteiger partial charge in [-0.2, -0.15) is 0 Å². The number of carboxylic acids is 1. The van der Waals surface area contributed by atoms with Crippen LogP contribution < -0.4 is 0 Å². The van der Waals surface area contributed by atoms with Crippen molar-refractivity contribution in [2.24, 2.45) is 0 Å². The number of unbranched alkanes of at least 4 members (excludes halogenated alkanes) is 22. The van der Waals surface area contributed by atoms with Crippen molar-refractivity contribution in [3.63, 3.8) is 0 Å². The zero-order chi connectivity index (χ0) is 36.4. The van der Waals surface area contributed by atoms with Gasteiger partial charge in [-0.3, -0.25) is 9.59 Å². The Bertz CT molecular complexity index is 839. The molecule has 0 aromatic carbocycles. The Kier molecular flexibility index (Phi) is 39.6. The van der Waals surface area contributed by atoms with Crippen LogP contribution in [0.1, 0.15) is 226 Å². The normalized spacial score (nSPS) is 12.7. The number of carbonyl (C=O) groups excluding carboxylic acids is 1. The first-order valence-corrected chi connectivity index (χ1v) is 21.6. The molecule has 0 rings (SSSR count). The molecule has 4 heteroatoms. The van der Waals surface area contributed by atoms with E-state index in [9.17, 15) is 9.59 Å². The topological polar surface area (TPSA) is 63.6 Å². The minimum absolute atomic E-state index is 0.0157. The Balaban J connectivity index is 3.99. The summed E-state index contributed by atoms with van der Waals surface area (Å²) in [6, 6.07) is 0. The third-order valence-corrected chi connectivity index (χ3v) is 9.55. The molecule has 0 bridgehead atoms. The fourth-order valence-electron chi connectivity index (χ4n) is 6.34. The number of aliphatic carboxylic acids is 1. The van der Waals surface area contributed by atoms with Crippen molar-refractivity contribution in [3.8, 4) is 0 Å². The first kappa shape index (κ1) is 47.9. The second-order valence-corrected chi connectivity index (χ2v) is 14.5. The van der Waals surface area contributed by atoms with Gasteiger partial charge in [0.05, 0.1) is 0 Å². The molecule has 1 atom stereocenters. The van der Waals surface area contributed by atoms with Gasteiger partial charge in [-0.05, 0) is 83.5 Å². The third-order valence-electron chi connectivity index (χ3n) is 9.55. The van der Waals surface area contributed by atoms with Gasteiger partial charge in [0.1, 0.15) is 6.10 Å². The molecule has 0 radical (unpaired) electrons. The minimum atomic E-state index is -0.679. The summed E-state index contributed by atoms with van der Waals surface area (Å²) >= 11 is 0. The Hall–Kier alpha value is -2.10. The van der Waals surface area contributed by atoms with Crippen LogP contribution in [0, 0.1) is 0 Å². The van der Waals surface area contributed by atoms with Gasteiger partial charge in [0, 0.05) is 12.8 Å². The summed E-state index contributed by atoms with van der Waals surface area (Å²) < 4.78 is 6.04. The molecule has 0 aliphatic heterocycles. The van der Waals surface area contributed by atoms with E-state index in [-0.39, 0.29) is 12.1 Å². The molecule has 0 saturated carbocycles. The first-order valence-electron chi connectivity index (χ1n) is 21.6. The molecule has 0 aliphatic rings. The molecule has 290 valence electrons. The fraction of sp³-hybridized carbons (Fsp3) is 0.783. The summed E-state index contributed by atoms with van der Waals surface area (Å²) in [5, 5.41) is 8.74. The zero-order valence-corrected chi connectivity index (χ0v) is 33.2. The summed E-state index contributed by atoms with van der Waals surface area (Å²) in [5.74, 6) is -0.664. The SMILES string of the molecule is CCCCC/C=C\C/C=C\C/C=C\C/C=C\CCCCCCCC(=O)OC(CCCCCCCCC)CCCCCCCCCCCC(=O)O. The second kappa shape index (κ2) is 41.3. The number of hydrogen-bond acceptors (Lipinski definition) is 3. The molecule has 0 spiro atoms. The summed E-state index contributed by atoms with van der Waals surface area (Å²) in [6.45, 7) is 4.51. The fourth-order valence-corrected chi connectivity index (χ4v) is 6.34. The molecule has 0 amide bonds. The lowest BCUT2D eigenvalue weighted by atomic mass is 10.0. The number of hydrogen-bond donors (Lipinski definition) is 1. The van der Waals surface area contributed by atoms with E-state index < -0.39 is 5.97 Å². The van der Waals surface area contributed by atoms with Crippen molar-refractivity contribution in [1.82, 2.24) is 0 Å². The maximum absolute atomic E-state index is 12.7. The van der Waals surface area contributed by atoms with Crippen LogP contribution in [0.15, 0.2) is 48.6 Å². The first-order chi connectivity index (χ1) is 24.6. The van der Waals surface area contributed by atoms with Crippen molar-refractivity contribution in [3.05, 3.63) is 48.6 Å². The van der Waals surface area contributed by atoms with Crippen molar-refractivity contribution in [1.29, 1.82) is 0 Å². The molecule has 4 nitrogen and oxygen atoms in total. The van der Waals surface area contributed by atoms with E-state index in [1.54, 1.807) is 0 Å². The average Bonchev–Trinajstić information content (AvgIpc) is 3.10. The molecule has 0 heterocycles.